The molecular weight excluding hydrogens is 336 g/mol. The molecular formula is C11H9BrN2O2S2. The van der Waals surface area contributed by atoms with Gasteiger partial charge in [-0.3, -0.25) is 0 Å². The highest BCUT2D eigenvalue weighted by Gasteiger charge is 2.35. The van der Waals surface area contributed by atoms with Crippen molar-refractivity contribution in [1.82, 2.24) is 4.98 Å². The predicted octanol–water partition coefficient (Wildman–Crippen LogP) is 3.16. The van der Waals surface area contributed by atoms with Crippen LogP contribution in [0.15, 0.2) is 21.4 Å². The lowest BCUT2D eigenvalue weighted by Crippen LogP contribution is -2.39. The monoisotopic (exact) mass is 344 g/mol. The molecule has 0 radical (unpaired) electrons. The van der Waals surface area contributed by atoms with Crippen LogP contribution in [0.4, 0.5) is 5.13 Å². The quantitative estimate of drug-likeness (QED) is 0.909. The molecule has 0 saturated heterocycles. The number of nitrogens with zero attached hydrogens (tertiary/aromatic N) is 2. The molecule has 1 aliphatic heterocycles. The fourth-order valence-electron chi connectivity index (χ4n) is 2.17. The van der Waals surface area contributed by atoms with E-state index in [-0.39, 0.29) is 0 Å². The Morgan fingerprint density at radius 3 is 3.06 bits per heavy atom. The van der Waals surface area contributed by atoms with Gasteiger partial charge in [-0.05, 0) is 39.4 Å². The summed E-state index contributed by atoms with van der Waals surface area (Å²) in [6.07, 6.45) is 0.883. The van der Waals surface area contributed by atoms with Crippen LogP contribution in [0, 0.1) is 0 Å². The SMILES string of the molecule is O=C(O)C1c2ccsc2CCN1c1nc(Br)cs1. The lowest BCUT2D eigenvalue weighted by atomic mass is 10.0. The summed E-state index contributed by atoms with van der Waals surface area (Å²) in [6, 6.07) is 1.30. The average Bonchev–Trinajstić information content (AvgIpc) is 2.95. The molecule has 3 heterocycles. The van der Waals surface area contributed by atoms with Gasteiger partial charge in [-0.15, -0.1) is 22.7 Å². The third kappa shape index (κ3) is 1.96. The largest absolute Gasteiger partial charge is 0.479 e. The Labute approximate surface area is 120 Å². The zero-order valence-electron chi connectivity index (χ0n) is 9.17. The van der Waals surface area contributed by atoms with Crippen LogP contribution in [0.25, 0.3) is 0 Å². The van der Waals surface area contributed by atoms with Gasteiger partial charge >= 0.3 is 5.97 Å². The molecule has 18 heavy (non-hydrogen) atoms. The van der Waals surface area contributed by atoms with Crippen molar-refractivity contribution >= 4 is 49.7 Å². The van der Waals surface area contributed by atoms with E-state index in [1.165, 1.54) is 16.2 Å². The molecule has 0 saturated carbocycles. The number of anilines is 1. The molecule has 0 fully saturated rings. The van der Waals surface area contributed by atoms with Gasteiger partial charge in [-0.2, -0.15) is 0 Å². The fraction of sp³-hybridized carbons (Fsp3) is 0.273. The Balaban J connectivity index is 2.03. The van der Waals surface area contributed by atoms with Crippen molar-refractivity contribution in [2.45, 2.75) is 12.5 Å². The van der Waals surface area contributed by atoms with Crippen molar-refractivity contribution in [3.05, 3.63) is 31.9 Å². The first-order valence-corrected chi connectivity index (χ1v) is 7.89. The number of carbonyl (C=O) groups is 1. The fourth-order valence-corrected chi connectivity index (χ4v) is 4.37. The summed E-state index contributed by atoms with van der Waals surface area (Å²) in [6.45, 7) is 0.699. The number of fused-ring (bicyclic) bond motifs is 1. The van der Waals surface area contributed by atoms with E-state index in [1.54, 1.807) is 11.3 Å². The summed E-state index contributed by atoms with van der Waals surface area (Å²) in [5.41, 5.74) is 0.907. The van der Waals surface area contributed by atoms with Gasteiger partial charge in [0, 0.05) is 16.8 Å². The maximum Gasteiger partial charge on any atom is 0.331 e. The van der Waals surface area contributed by atoms with E-state index < -0.39 is 12.0 Å². The molecule has 0 spiro atoms. The maximum absolute atomic E-state index is 11.5. The van der Waals surface area contributed by atoms with Crippen molar-refractivity contribution in [1.29, 1.82) is 0 Å². The number of carboxylic acids is 1. The van der Waals surface area contributed by atoms with Gasteiger partial charge in [0.15, 0.2) is 11.2 Å². The van der Waals surface area contributed by atoms with Crippen molar-refractivity contribution in [2.75, 3.05) is 11.4 Å². The van der Waals surface area contributed by atoms with Gasteiger partial charge in [-0.1, -0.05) is 0 Å². The number of aliphatic carboxylic acids is 1. The molecule has 0 aliphatic carbocycles. The topological polar surface area (TPSA) is 53.4 Å². The highest BCUT2D eigenvalue weighted by Crippen LogP contribution is 2.38. The third-order valence-electron chi connectivity index (χ3n) is 2.91. The summed E-state index contributed by atoms with van der Waals surface area (Å²) >= 11 is 6.40. The number of hydrogen-bond donors (Lipinski definition) is 1. The maximum atomic E-state index is 11.5. The van der Waals surface area contributed by atoms with Gasteiger partial charge in [0.05, 0.1) is 0 Å². The van der Waals surface area contributed by atoms with Crippen LogP contribution in [0.1, 0.15) is 16.5 Å². The molecule has 3 rings (SSSR count). The summed E-state index contributed by atoms with van der Waals surface area (Å²) in [4.78, 5) is 18.9. The second-order valence-electron chi connectivity index (χ2n) is 3.94. The Morgan fingerprint density at radius 2 is 2.39 bits per heavy atom. The first kappa shape index (κ1) is 12.1. The van der Waals surface area contributed by atoms with Crippen LogP contribution in [0.5, 0.6) is 0 Å². The van der Waals surface area contributed by atoms with Crippen molar-refractivity contribution in [3.63, 3.8) is 0 Å². The van der Waals surface area contributed by atoms with E-state index in [2.05, 4.69) is 20.9 Å². The van der Waals surface area contributed by atoms with Crippen LogP contribution >= 0.6 is 38.6 Å². The molecule has 0 aromatic carbocycles. The second kappa shape index (κ2) is 4.64. The normalized spacial score (nSPS) is 18.7. The molecule has 2 aromatic rings. The van der Waals surface area contributed by atoms with Crippen LogP contribution in [0.2, 0.25) is 0 Å². The minimum Gasteiger partial charge on any atom is -0.479 e. The number of rotatable bonds is 2. The summed E-state index contributed by atoms with van der Waals surface area (Å²) in [5, 5.41) is 14.1. The smallest absolute Gasteiger partial charge is 0.331 e. The zero-order chi connectivity index (χ0) is 12.7. The summed E-state index contributed by atoms with van der Waals surface area (Å²) in [7, 11) is 0. The standard InChI is InChI=1S/C11H9BrN2O2S2/c12-8-5-18-11(13-8)14-3-1-7-6(2-4-17-7)9(14)10(15)16/h2,4-5,9H,1,3H2,(H,15,16). The molecule has 1 atom stereocenters. The molecule has 94 valence electrons. The minimum absolute atomic E-state index is 0.613. The number of carboxylic acid groups (broad SMARTS) is 1. The van der Waals surface area contributed by atoms with E-state index >= 15 is 0 Å². The number of aromatic nitrogens is 1. The number of thiazole rings is 1. The molecule has 4 nitrogen and oxygen atoms in total. The molecule has 0 amide bonds. The van der Waals surface area contributed by atoms with Gasteiger partial charge < -0.3 is 10.0 Å². The van der Waals surface area contributed by atoms with Gasteiger partial charge in [0.1, 0.15) is 4.60 Å². The minimum atomic E-state index is -0.819. The zero-order valence-corrected chi connectivity index (χ0v) is 12.4. The molecule has 2 aromatic heterocycles. The Kier molecular flexibility index (Phi) is 3.13. The Hall–Kier alpha value is -0.920. The summed E-state index contributed by atoms with van der Waals surface area (Å²) in [5.74, 6) is -0.819. The number of halogens is 1. The van der Waals surface area contributed by atoms with E-state index in [0.717, 1.165) is 21.7 Å². The van der Waals surface area contributed by atoms with Crippen LogP contribution < -0.4 is 4.90 Å². The third-order valence-corrected chi connectivity index (χ3v) is 5.49. The van der Waals surface area contributed by atoms with Gasteiger partial charge in [0.25, 0.3) is 0 Å². The van der Waals surface area contributed by atoms with E-state index in [1.807, 2.05) is 21.7 Å². The number of hydrogen-bond acceptors (Lipinski definition) is 5. The van der Waals surface area contributed by atoms with Crippen LogP contribution in [-0.2, 0) is 11.2 Å². The molecule has 1 N–H and O–H groups in total. The first-order valence-electron chi connectivity index (χ1n) is 5.33. The molecule has 0 bridgehead atoms. The molecule has 1 aliphatic rings. The van der Waals surface area contributed by atoms with Crippen molar-refractivity contribution in [3.8, 4) is 0 Å². The predicted molar refractivity (Wildman–Crippen MR) is 75.6 cm³/mol. The van der Waals surface area contributed by atoms with Crippen LogP contribution in [0.3, 0.4) is 0 Å². The Morgan fingerprint density at radius 1 is 1.56 bits per heavy atom. The number of thiophene rings is 1. The average molecular weight is 345 g/mol. The molecule has 1 unspecified atom stereocenters. The first-order chi connectivity index (χ1) is 8.66. The lowest BCUT2D eigenvalue weighted by Gasteiger charge is -2.32. The van der Waals surface area contributed by atoms with E-state index in [0.29, 0.717) is 6.54 Å². The van der Waals surface area contributed by atoms with E-state index in [4.69, 9.17) is 0 Å². The van der Waals surface area contributed by atoms with Crippen LogP contribution in [-0.4, -0.2) is 22.6 Å². The highest BCUT2D eigenvalue weighted by molar-refractivity contribution is 9.10. The molecule has 7 heteroatoms. The van der Waals surface area contributed by atoms with Gasteiger partial charge in [-0.25, -0.2) is 9.78 Å². The lowest BCUT2D eigenvalue weighted by molar-refractivity contribution is -0.138. The second-order valence-corrected chi connectivity index (χ2v) is 6.59. The summed E-state index contributed by atoms with van der Waals surface area (Å²) < 4.78 is 0.753. The van der Waals surface area contributed by atoms with Gasteiger partial charge in [0.2, 0.25) is 0 Å². The van der Waals surface area contributed by atoms with Crippen molar-refractivity contribution in [2.24, 2.45) is 0 Å². The highest BCUT2D eigenvalue weighted by atomic mass is 79.9. The Bertz CT molecular complexity index is 595. The van der Waals surface area contributed by atoms with Crippen molar-refractivity contribution < 1.29 is 9.90 Å². The van der Waals surface area contributed by atoms with E-state index in [9.17, 15) is 9.90 Å².